The van der Waals surface area contributed by atoms with Crippen LogP contribution in [0.25, 0.3) is 0 Å². The molecule has 0 amide bonds. The molecule has 2 saturated carbocycles. The minimum Gasteiger partial charge on any atom is -0.393 e. The fraction of sp³-hybridized carbons (Fsp3) is 1.00. The molecule has 0 spiro atoms. The second-order valence-electron chi connectivity index (χ2n) is 11.7. The maximum Gasteiger partial charge on any atom is 0.0596 e. The van der Waals surface area contributed by atoms with Crippen LogP contribution in [0, 0.1) is 41.4 Å². The minimum atomic E-state index is -0.176. The molecule has 2 heteroatoms. The van der Waals surface area contributed by atoms with E-state index in [1.165, 1.54) is 64.2 Å². The molecule has 2 aliphatic rings. The molecule has 8 unspecified atom stereocenters. The van der Waals surface area contributed by atoms with Crippen molar-refractivity contribution in [2.24, 2.45) is 41.4 Å². The number of aliphatic hydroxyl groups is 2. The van der Waals surface area contributed by atoms with Crippen LogP contribution in [0.5, 0.6) is 0 Å². The van der Waals surface area contributed by atoms with Gasteiger partial charge in [0.15, 0.2) is 0 Å². The first-order valence-electron chi connectivity index (χ1n) is 13.7. The molecule has 0 saturated heterocycles. The highest BCUT2D eigenvalue weighted by atomic mass is 16.3. The third-order valence-electron chi connectivity index (χ3n) is 8.68. The maximum absolute atomic E-state index is 11.1. The van der Waals surface area contributed by atoms with Crippen LogP contribution >= 0.6 is 0 Å². The van der Waals surface area contributed by atoms with Crippen molar-refractivity contribution in [3.63, 3.8) is 0 Å². The Balaban J connectivity index is 1.93. The second-order valence-corrected chi connectivity index (χ2v) is 11.7. The molecule has 0 aromatic rings. The van der Waals surface area contributed by atoms with Crippen LogP contribution in [0.15, 0.2) is 0 Å². The SMILES string of the molecule is CCCCCCCCCCCC(C1CC(C)CC(C)C1O)C1CC(C)CC(C)C1O. The van der Waals surface area contributed by atoms with Gasteiger partial charge in [0.25, 0.3) is 0 Å². The highest BCUT2D eigenvalue weighted by Gasteiger charge is 2.44. The Morgan fingerprint density at radius 3 is 1.43 bits per heavy atom. The van der Waals surface area contributed by atoms with Crippen LogP contribution in [0.4, 0.5) is 0 Å². The van der Waals surface area contributed by atoms with Crippen molar-refractivity contribution in [1.29, 1.82) is 0 Å². The summed E-state index contributed by atoms with van der Waals surface area (Å²) in [5.41, 5.74) is 0. The Morgan fingerprint density at radius 1 is 0.600 bits per heavy atom. The quantitative estimate of drug-likeness (QED) is 0.318. The molecule has 0 aliphatic heterocycles. The van der Waals surface area contributed by atoms with Crippen molar-refractivity contribution in [3.05, 3.63) is 0 Å². The first kappa shape index (κ1) is 26.2. The van der Waals surface area contributed by atoms with Gasteiger partial charge in [-0.2, -0.15) is 0 Å². The summed E-state index contributed by atoms with van der Waals surface area (Å²) in [7, 11) is 0. The lowest BCUT2D eigenvalue weighted by molar-refractivity contribution is -0.0827. The van der Waals surface area contributed by atoms with Crippen molar-refractivity contribution in [2.45, 2.75) is 137 Å². The predicted molar refractivity (Wildman–Crippen MR) is 129 cm³/mol. The van der Waals surface area contributed by atoms with Gasteiger partial charge < -0.3 is 10.2 Å². The standard InChI is InChI=1S/C28H54O2/c1-6-7-8-9-10-11-12-13-14-15-24(25-18-20(2)16-22(4)27(25)29)26-19-21(3)17-23(5)28(26)30/h20-30H,6-19H2,1-5H3. The van der Waals surface area contributed by atoms with Gasteiger partial charge in [0, 0.05) is 0 Å². The van der Waals surface area contributed by atoms with Crippen LogP contribution in [-0.2, 0) is 0 Å². The highest BCUT2D eigenvalue weighted by molar-refractivity contribution is 4.94. The summed E-state index contributed by atoms with van der Waals surface area (Å²) in [6, 6.07) is 0. The molecule has 8 atom stereocenters. The zero-order valence-electron chi connectivity index (χ0n) is 21.0. The highest BCUT2D eigenvalue weighted by Crippen LogP contribution is 2.47. The van der Waals surface area contributed by atoms with Crippen LogP contribution < -0.4 is 0 Å². The maximum atomic E-state index is 11.1. The van der Waals surface area contributed by atoms with Gasteiger partial charge in [-0.15, -0.1) is 0 Å². The second kappa shape index (κ2) is 13.5. The predicted octanol–water partition coefficient (Wildman–Crippen LogP) is 7.61. The fourth-order valence-corrected chi connectivity index (χ4v) is 7.09. The van der Waals surface area contributed by atoms with Gasteiger partial charge in [-0.1, -0.05) is 92.4 Å². The molecule has 0 bridgehead atoms. The summed E-state index contributed by atoms with van der Waals surface area (Å²) in [5.74, 6) is 3.48. The zero-order chi connectivity index (χ0) is 22.1. The van der Waals surface area contributed by atoms with Gasteiger partial charge >= 0.3 is 0 Å². The van der Waals surface area contributed by atoms with Gasteiger partial charge in [-0.3, -0.25) is 0 Å². The van der Waals surface area contributed by atoms with Crippen LogP contribution in [0.1, 0.15) is 125 Å². The first-order chi connectivity index (χ1) is 14.3. The molecule has 2 N–H and O–H groups in total. The molecule has 30 heavy (non-hydrogen) atoms. The van der Waals surface area contributed by atoms with E-state index in [2.05, 4.69) is 34.6 Å². The Kier molecular flexibility index (Phi) is 11.7. The number of aliphatic hydroxyl groups excluding tert-OH is 2. The molecular weight excluding hydrogens is 368 g/mol. The van der Waals surface area contributed by atoms with Crippen molar-refractivity contribution in [3.8, 4) is 0 Å². The lowest BCUT2D eigenvalue weighted by Gasteiger charge is -2.48. The third kappa shape index (κ3) is 7.80. The van der Waals surface area contributed by atoms with Crippen LogP contribution in [0.2, 0.25) is 0 Å². The van der Waals surface area contributed by atoms with E-state index in [0.29, 0.717) is 41.4 Å². The van der Waals surface area contributed by atoms with Crippen LogP contribution in [-0.4, -0.2) is 22.4 Å². The smallest absolute Gasteiger partial charge is 0.0596 e. The van der Waals surface area contributed by atoms with E-state index in [-0.39, 0.29) is 12.2 Å². The van der Waals surface area contributed by atoms with E-state index >= 15 is 0 Å². The van der Waals surface area contributed by atoms with E-state index in [4.69, 9.17) is 0 Å². The van der Waals surface area contributed by atoms with E-state index in [1.54, 1.807) is 0 Å². The van der Waals surface area contributed by atoms with Crippen molar-refractivity contribution in [1.82, 2.24) is 0 Å². The summed E-state index contributed by atoms with van der Waals surface area (Å²) in [6.07, 6.45) is 17.7. The number of rotatable bonds is 12. The molecule has 0 radical (unpaired) electrons. The summed E-state index contributed by atoms with van der Waals surface area (Å²) in [4.78, 5) is 0. The largest absolute Gasteiger partial charge is 0.393 e. The molecular formula is C28H54O2. The number of hydrogen-bond donors (Lipinski definition) is 2. The van der Waals surface area contributed by atoms with E-state index in [1.807, 2.05) is 0 Å². The minimum absolute atomic E-state index is 0.176. The zero-order valence-corrected chi connectivity index (χ0v) is 21.0. The summed E-state index contributed by atoms with van der Waals surface area (Å²) in [6.45, 7) is 11.5. The molecule has 2 aliphatic carbocycles. The van der Waals surface area contributed by atoms with E-state index in [9.17, 15) is 10.2 Å². The molecule has 0 heterocycles. The Hall–Kier alpha value is -0.0800. The van der Waals surface area contributed by atoms with Gasteiger partial charge in [0.1, 0.15) is 0 Å². The average Bonchev–Trinajstić information content (AvgIpc) is 2.69. The lowest BCUT2D eigenvalue weighted by Crippen LogP contribution is -2.47. The van der Waals surface area contributed by atoms with Crippen molar-refractivity contribution in [2.75, 3.05) is 0 Å². The van der Waals surface area contributed by atoms with Gasteiger partial charge in [-0.25, -0.2) is 0 Å². The Bertz CT molecular complexity index is 420. The van der Waals surface area contributed by atoms with Gasteiger partial charge in [0.05, 0.1) is 12.2 Å². The average molecular weight is 423 g/mol. The Labute approximate surface area is 188 Å². The first-order valence-corrected chi connectivity index (χ1v) is 13.7. The van der Waals surface area contributed by atoms with Crippen LogP contribution in [0.3, 0.4) is 0 Å². The molecule has 2 nitrogen and oxygen atoms in total. The number of unbranched alkanes of at least 4 members (excludes halogenated alkanes) is 8. The lowest BCUT2D eigenvalue weighted by atomic mass is 9.60. The van der Waals surface area contributed by atoms with Gasteiger partial charge in [-0.05, 0) is 73.5 Å². The molecule has 178 valence electrons. The molecule has 2 fully saturated rings. The van der Waals surface area contributed by atoms with E-state index in [0.717, 1.165) is 25.7 Å². The monoisotopic (exact) mass is 422 g/mol. The molecule has 0 aromatic heterocycles. The van der Waals surface area contributed by atoms with Crippen molar-refractivity contribution < 1.29 is 10.2 Å². The number of hydrogen-bond acceptors (Lipinski definition) is 2. The fourth-order valence-electron chi connectivity index (χ4n) is 7.09. The summed E-state index contributed by atoms with van der Waals surface area (Å²) in [5, 5.41) is 22.3. The third-order valence-corrected chi connectivity index (χ3v) is 8.68. The van der Waals surface area contributed by atoms with E-state index < -0.39 is 0 Å². The molecule has 0 aromatic carbocycles. The topological polar surface area (TPSA) is 40.5 Å². The van der Waals surface area contributed by atoms with Gasteiger partial charge in [0.2, 0.25) is 0 Å². The summed E-state index contributed by atoms with van der Waals surface area (Å²) >= 11 is 0. The normalized spacial score (nSPS) is 38.5. The summed E-state index contributed by atoms with van der Waals surface area (Å²) < 4.78 is 0. The Morgan fingerprint density at radius 2 is 1.00 bits per heavy atom. The van der Waals surface area contributed by atoms with Crippen molar-refractivity contribution >= 4 is 0 Å². The molecule has 2 rings (SSSR count).